The van der Waals surface area contributed by atoms with E-state index >= 15 is 0 Å². The number of rotatable bonds is 5. The molecule has 4 nitrogen and oxygen atoms in total. The van der Waals surface area contributed by atoms with E-state index in [0.29, 0.717) is 6.61 Å². The van der Waals surface area contributed by atoms with Gasteiger partial charge in [0.25, 0.3) is 5.56 Å². The summed E-state index contributed by atoms with van der Waals surface area (Å²) >= 11 is 0. The summed E-state index contributed by atoms with van der Waals surface area (Å²) in [5.41, 5.74) is 3.20. The highest BCUT2D eigenvalue weighted by Crippen LogP contribution is 2.35. The van der Waals surface area contributed by atoms with Crippen molar-refractivity contribution in [2.75, 3.05) is 6.61 Å². The molecule has 1 aliphatic carbocycles. The van der Waals surface area contributed by atoms with Crippen LogP contribution in [-0.4, -0.2) is 17.1 Å². The number of allylic oxidation sites excluding steroid dienone is 1. The molecular formula is C21H25NO3. The molecule has 0 bridgehead atoms. The van der Waals surface area contributed by atoms with E-state index in [1.807, 2.05) is 35.8 Å². The number of nitrogens with zero attached hydrogens (tertiary/aromatic N) is 1. The fourth-order valence-corrected chi connectivity index (χ4v) is 3.66. The van der Waals surface area contributed by atoms with Crippen molar-refractivity contribution < 1.29 is 9.53 Å². The number of fused-ring (bicyclic) bond motifs is 3. The van der Waals surface area contributed by atoms with Gasteiger partial charge in [-0.05, 0) is 49.6 Å². The van der Waals surface area contributed by atoms with E-state index in [1.54, 1.807) is 6.08 Å². The quantitative estimate of drug-likeness (QED) is 0.609. The van der Waals surface area contributed by atoms with Gasteiger partial charge in [0.1, 0.15) is 0 Å². The lowest BCUT2D eigenvalue weighted by molar-refractivity contribution is -0.137. The topological polar surface area (TPSA) is 48.3 Å². The van der Waals surface area contributed by atoms with Crippen molar-refractivity contribution in [3.63, 3.8) is 0 Å². The molecule has 2 aromatic rings. The first-order valence-electron chi connectivity index (χ1n) is 9.19. The van der Waals surface area contributed by atoms with Crippen molar-refractivity contribution in [3.8, 4) is 0 Å². The van der Waals surface area contributed by atoms with Gasteiger partial charge in [0.15, 0.2) is 0 Å². The lowest BCUT2D eigenvalue weighted by Gasteiger charge is -2.25. The average Bonchev–Trinajstić information content (AvgIpc) is 2.62. The van der Waals surface area contributed by atoms with Gasteiger partial charge in [-0.15, -0.1) is 0 Å². The Morgan fingerprint density at radius 2 is 1.96 bits per heavy atom. The van der Waals surface area contributed by atoms with Crippen LogP contribution in [0.1, 0.15) is 50.8 Å². The molecule has 1 aromatic carbocycles. The van der Waals surface area contributed by atoms with E-state index in [1.165, 1.54) is 0 Å². The standard InChI is InChI=1S/C21H25NO3/c1-3-5-13-22-18-12-8-9-15(14-19(23)25-4-2)20(18)16-10-6-7-11-17(16)21(22)24/h6-7,10-11,14H,3-5,8-9,12-13H2,1-2H3/b15-14+. The van der Waals surface area contributed by atoms with Crippen molar-refractivity contribution in [2.24, 2.45) is 0 Å². The molecule has 0 N–H and O–H groups in total. The molecule has 1 heterocycles. The van der Waals surface area contributed by atoms with Crippen molar-refractivity contribution in [1.82, 2.24) is 4.57 Å². The number of hydrogen-bond acceptors (Lipinski definition) is 3. The summed E-state index contributed by atoms with van der Waals surface area (Å²) in [5.74, 6) is -0.305. The fraction of sp³-hybridized carbons (Fsp3) is 0.429. The van der Waals surface area contributed by atoms with Gasteiger partial charge in [-0.3, -0.25) is 4.79 Å². The van der Waals surface area contributed by atoms with Gasteiger partial charge in [0, 0.05) is 29.3 Å². The fourth-order valence-electron chi connectivity index (χ4n) is 3.66. The minimum Gasteiger partial charge on any atom is -0.463 e. The lowest BCUT2D eigenvalue weighted by atomic mass is 9.86. The third-order valence-electron chi connectivity index (χ3n) is 4.78. The summed E-state index contributed by atoms with van der Waals surface area (Å²) in [5, 5.41) is 1.68. The lowest BCUT2D eigenvalue weighted by Crippen LogP contribution is -2.27. The monoisotopic (exact) mass is 339 g/mol. The van der Waals surface area contributed by atoms with E-state index in [0.717, 1.165) is 66.3 Å². The van der Waals surface area contributed by atoms with E-state index in [9.17, 15) is 9.59 Å². The number of aromatic nitrogens is 1. The third-order valence-corrected chi connectivity index (χ3v) is 4.78. The zero-order valence-corrected chi connectivity index (χ0v) is 15.0. The Labute approximate surface area is 148 Å². The highest BCUT2D eigenvalue weighted by atomic mass is 16.5. The van der Waals surface area contributed by atoms with Crippen molar-refractivity contribution in [1.29, 1.82) is 0 Å². The number of esters is 1. The van der Waals surface area contributed by atoms with Gasteiger partial charge < -0.3 is 9.30 Å². The number of benzene rings is 1. The number of ether oxygens (including phenoxy) is 1. The molecule has 4 heteroatoms. The van der Waals surface area contributed by atoms with E-state index < -0.39 is 0 Å². The van der Waals surface area contributed by atoms with Crippen LogP contribution in [0.3, 0.4) is 0 Å². The smallest absolute Gasteiger partial charge is 0.331 e. The molecule has 0 saturated carbocycles. The Kier molecular flexibility index (Phi) is 5.37. The molecule has 0 unspecified atom stereocenters. The molecule has 1 aromatic heterocycles. The average molecular weight is 339 g/mol. The first-order valence-corrected chi connectivity index (χ1v) is 9.19. The normalized spacial score (nSPS) is 15.4. The molecule has 0 saturated heterocycles. The Morgan fingerprint density at radius 1 is 1.20 bits per heavy atom. The predicted octanol–water partition coefficient (Wildman–Crippen LogP) is 4.08. The van der Waals surface area contributed by atoms with Crippen LogP contribution < -0.4 is 5.56 Å². The summed E-state index contributed by atoms with van der Waals surface area (Å²) < 4.78 is 7.04. The highest BCUT2D eigenvalue weighted by Gasteiger charge is 2.23. The van der Waals surface area contributed by atoms with E-state index in [4.69, 9.17) is 4.74 Å². The van der Waals surface area contributed by atoms with Crippen molar-refractivity contribution in [3.05, 3.63) is 52.0 Å². The van der Waals surface area contributed by atoms with Gasteiger partial charge in [-0.1, -0.05) is 31.5 Å². The maximum Gasteiger partial charge on any atom is 0.331 e. The zero-order valence-electron chi connectivity index (χ0n) is 15.0. The van der Waals surface area contributed by atoms with Crippen LogP contribution in [-0.2, 0) is 22.5 Å². The van der Waals surface area contributed by atoms with E-state index in [2.05, 4.69) is 6.92 Å². The Morgan fingerprint density at radius 3 is 2.68 bits per heavy atom. The number of carbonyl (C=O) groups is 1. The van der Waals surface area contributed by atoms with Gasteiger partial charge in [0.05, 0.1) is 6.61 Å². The van der Waals surface area contributed by atoms with Gasteiger partial charge >= 0.3 is 5.97 Å². The Bertz CT molecular complexity index is 877. The molecule has 3 rings (SSSR count). The molecule has 0 radical (unpaired) electrons. The van der Waals surface area contributed by atoms with Gasteiger partial charge in [-0.25, -0.2) is 4.79 Å². The Hall–Kier alpha value is -2.36. The number of hydrogen-bond donors (Lipinski definition) is 0. The summed E-state index contributed by atoms with van der Waals surface area (Å²) in [6.45, 7) is 5.04. The molecule has 0 spiro atoms. The van der Waals surface area contributed by atoms with E-state index in [-0.39, 0.29) is 11.5 Å². The van der Waals surface area contributed by atoms with Gasteiger partial charge in [0.2, 0.25) is 0 Å². The molecule has 132 valence electrons. The molecule has 0 amide bonds. The number of unbranched alkanes of at least 4 members (excludes halogenated alkanes) is 1. The van der Waals surface area contributed by atoms with Crippen molar-refractivity contribution >= 4 is 22.3 Å². The highest BCUT2D eigenvalue weighted by molar-refractivity contribution is 6.00. The van der Waals surface area contributed by atoms with Crippen LogP contribution in [0.5, 0.6) is 0 Å². The first-order chi connectivity index (χ1) is 12.2. The zero-order chi connectivity index (χ0) is 17.8. The van der Waals surface area contributed by atoms with Crippen LogP contribution >= 0.6 is 0 Å². The summed E-state index contributed by atoms with van der Waals surface area (Å²) in [6.07, 6.45) is 6.28. The molecule has 1 aliphatic rings. The molecule has 25 heavy (non-hydrogen) atoms. The maximum absolute atomic E-state index is 13.0. The summed E-state index contributed by atoms with van der Waals surface area (Å²) in [7, 11) is 0. The number of pyridine rings is 1. The van der Waals surface area contributed by atoms with Crippen LogP contribution in [0.25, 0.3) is 16.3 Å². The van der Waals surface area contributed by atoms with Crippen LogP contribution in [0, 0.1) is 0 Å². The third kappa shape index (κ3) is 3.39. The summed E-state index contributed by atoms with van der Waals surface area (Å²) in [6, 6.07) is 7.73. The number of carbonyl (C=O) groups excluding carboxylic acids is 1. The maximum atomic E-state index is 13.0. The summed E-state index contributed by atoms with van der Waals surface area (Å²) in [4.78, 5) is 25.0. The predicted molar refractivity (Wildman–Crippen MR) is 101 cm³/mol. The second-order valence-corrected chi connectivity index (χ2v) is 6.45. The second-order valence-electron chi connectivity index (χ2n) is 6.45. The first kappa shape index (κ1) is 17.5. The minimum absolute atomic E-state index is 0.0835. The molecule has 0 fully saturated rings. The SMILES string of the molecule is CCCCn1c2c(c3ccccc3c1=O)/C(=C/C(=O)OCC)CCC2. The largest absolute Gasteiger partial charge is 0.463 e. The van der Waals surface area contributed by atoms with Crippen LogP contribution in [0.2, 0.25) is 0 Å². The molecular weight excluding hydrogens is 314 g/mol. The van der Waals surface area contributed by atoms with Crippen LogP contribution in [0.4, 0.5) is 0 Å². The molecule has 0 atom stereocenters. The second kappa shape index (κ2) is 7.68. The van der Waals surface area contributed by atoms with Crippen LogP contribution in [0.15, 0.2) is 35.1 Å². The Balaban J connectivity index is 2.26. The molecule has 0 aliphatic heterocycles. The van der Waals surface area contributed by atoms with Crippen molar-refractivity contribution in [2.45, 2.75) is 52.5 Å². The minimum atomic E-state index is -0.305. The van der Waals surface area contributed by atoms with Gasteiger partial charge in [-0.2, -0.15) is 0 Å².